The van der Waals surface area contributed by atoms with E-state index in [1.165, 1.54) is 30.6 Å². The van der Waals surface area contributed by atoms with Gasteiger partial charge in [-0.25, -0.2) is 9.97 Å². The molecule has 0 saturated carbocycles. The minimum atomic E-state index is -0.0843. The fraction of sp³-hybridized carbons (Fsp3) is 0.304. The van der Waals surface area contributed by atoms with E-state index in [4.69, 9.17) is 4.98 Å². The second-order valence-corrected chi connectivity index (χ2v) is 8.72. The maximum atomic E-state index is 12.5. The van der Waals surface area contributed by atoms with E-state index in [0.29, 0.717) is 0 Å². The number of fused-ring (bicyclic) bond motifs is 1. The van der Waals surface area contributed by atoms with Crippen LogP contribution < -0.4 is 5.32 Å². The van der Waals surface area contributed by atoms with Gasteiger partial charge in [0.25, 0.3) is 0 Å². The first-order valence-corrected chi connectivity index (χ1v) is 11.5. The van der Waals surface area contributed by atoms with Crippen LogP contribution in [0.5, 0.6) is 0 Å². The summed E-state index contributed by atoms with van der Waals surface area (Å²) in [7, 11) is 0. The Bertz CT molecular complexity index is 1180. The van der Waals surface area contributed by atoms with Crippen molar-refractivity contribution in [3.8, 4) is 10.6 Å². The SMILES string of the molecule is O=C(Cc1csc(-c2ccncc2)n1)Nc1ccc2nc(CN3CCCCC3)[nH]c2c1. The molecule has 0 aliphatic carbocycles. The van der Waals surface area contributed by atoms with Crippen molar-refractivity contribution < 1.29 is 4.79 Å². The lowest BCUT2D eigenvalue weighted by molar-refractivity contribution is -0.115. The Labute approximate surface area is 184 Å². The summed E-state index contributed by atoms with van der Waals surface area (Å²) in [5.41, 5.74) is 4.40. The van der Waals surface area contributed by atoms with Crippen molar-refractivity contribution in [2.24, 2.45) is 0 Å². The van der Waals surface area contributed by atoms with Gasteiger partial charge in [0.15, 0.2) is 0 Å². The van der Waals surface area contributed by atoms with E-state index < -0.39 is 0 Å². The van der Waals surface area contributed by atoms with Gasteiger partial charge in [0.1, 0.15) is 10.8 Å². The minimum Gasteiger partial charge on any atom is -0.341 e. The molecule has 158 valence electrons. The summed E-state index contributed by atoms with van der Waals surface area (Å²) in [4.78, 5) is 31.7. The Morgan fingerprint density at radius 2 is 1.94 bits per heavy atom. The van der Waals surface area contributed by atoms with Crippen LogP contribution in [0.1, 0.15) is 30.8 Å². The summed E-state index contributed by atoms with van der Waals surface area (Å²) in [6, 6.07) is 9.63. The largest absolute Gasteiger partial charge is 0.341 e. The summed E-state index contributed by atoms with van der Waals surface area (Å²) in [6.45, 7) is 3.12. The van der Waals surface area contributed by atoms with Crippen molar-refractivity contribution >= 4 is 34.0 Å². The molecule has 1 aliphatic rings. The number of nitrogens with zero attached hydrogens (tertiary/aromatic N) is 4. The number of aromatic nitrogens is 4. The number of aromatic amines is 1. The number of piperidine rings is 1. The first-order chi connectivity index (χ1) is 15.2. The lowest BCUT2D eigenvalue weighted by Gasteiger charge is -2.25. The summed E-state index contributed by atoms with van der Waals surface area (Å²) in [5, 5.41) is 5.80. The number of carbonyl (C=O) groups excluding carboxylic acids is 1. The molecule has 0 unspecified atom stereocenters. The molecule has 0 bridgehead atoms. The highest BCUT2D eigenvalue weighted by Gasteiger charge is 2.14. The number of pyridine rings is 1. The van der Waals surface area contributed by atoms with Gasteiger partial charge in [-0.1, -0.05) is 6.42 Å². The lowest BCUT2D eigenvalue weighted by atomic mass is 10.1. The summed E-state index contributed by atoms with van der Waals surface area (Å²) < 4.78 is 0. The molecule has 1 saturated heterocycles. The molecule has 8 heteroatoms. The van der Waals surface area contributed by atoms with E-state index in [2.05, 4.69) is 25.2 Å². The molecule has 1 aliphatic heterocycles. The van der Waals surface area contributed by atoms with Crippen LogP contribution in [-0.4, -0.2) is 43.8 Å². The topological polar surface area (TPSA) is 86.8 Å². The first-order valence-electron chi connectivity index (χ1n) is 10.6. The van der Waals surface area contributed by atoms with Gasteiger partial charge in [0.2, 0.25) is 5.91 Å². The number of imidazole rings is 1. The monoisotopic (exact) mass is 432 g/mol. The molecule has 1 aromatic carbocycles. The average Bonchev–Trinajstić information content (AvgIpc) is 3.41. The lowest BCUT2D eigenvalue weighted by Crippen LogP contribution is -2.29. The van der Waals surface area contributed by atoms with Crippen LogP contribution in [0.15, 0.2) is 48.1 Å². The van der Waals surface area contributed by atoms with E-state index in [0.717, 1.165) is 58.4 Å². The third-order valence-corrected chi connectivity index (χ3v) is 6.40. The number of anilines is 1. The van der Waals surface area contributed by atoms with Crippen LogP contribution in [-0.2, 0) is 17.8 Å². The molecule has 0 radical (unpaired) electrons. The molecule has 4 heterocycles. The number of H-pyrrole nitrogens is 1. The summed E-state index contributed by atoms with van der Waals surface area (Å²) >= 11 is 1.53. The fourth-order valence-corrected chi connectivity index (χ4v) is 4.76. The third-order valence-electron chi connectivity index (χ3n) is 5.46. The molecular weight excluding hydrogens is 408 g/mol. The zero-order valence-electron chi connectivity index (χ0n) is 17.2. The van der Waals surface area contributed by atoms with Crippen LogP contribution in [0.3, 0.4) is 0 Å². The molecular formula is C23H24N6OS. The van der Waals surface area contributed by atoms with Crippen LogP contribution in [0.4, 0.5) is 5.69 Å². The summed E-state index contributed by atoms with van der Waals surface area (Å²) in [5.74, 6) is 0.894. The fourth-order valence-electron chi connectivity index (χ4n) is 3.93. The number of rotatable bonds is 6. The number of hydrogen-bond acceptors (Lipinski definition) is 6. The second-order valence-electron chi connectivity index (χ2n) is 7.86. The van der Waals surface area contributed by atoms with Gasteiger partial charge in [0.05, 0.1) is 29.7 Å². The molecule has 5 rings (SSSR count). The molecule has 31 heavy (non-hydrogen) atoms. The maximum absolute atomic E-state index is 12.5. The summed E-state index contributed by atoms with van der Waals surface area (Å²) in [6.07, 6.45) is 7.58. The second kappa shape index (κ2) is 8.95. The van der Waals surface area contributed by atoms with Gasteiger partial charge in [-0.05, 0) is 56.3 Å². The quantitative estimate of drug-likeness (QED) is 0.476. The zero-order chi connectivity index (χ0) is 21.0. The highest BCUT2D eigenvalue weighted by atomic mass is 32.1. The van der Waals surface area contributed by atoms with Crippen LogP contribution >= 0.6 is 11.3 Å². The molecule has 0 atom stereocenters. The number of hydrogen-bond donors (Lipinski definition) is 2. The number of nitrogens with one attached hydrogen (secondary N) is 2. The molecule has 1 amide bonds. The van der Waals surface area contributed by atoms with Gasteiger partial charge >= 0.3 is 0 Å². The smallest absolute Gasteiger partial charge is 0.230 e. The number of likely N-dealkylation sites (tertiary alicyclic amines) is 1. The predicted octanol–water partition coefficient (Wildman–Crippen LogP) is 4.25. The number of thiazole rings is 1. The Morgan fingerprint density at radius 3 is 2.77 bits per heavy atom. The molecule has 3 aromatic heterocycles. The van der Waals surface area contributed by atoms with Crippen LogP contribution in [0.25, 0.3) is 21.6 Å². The van der Waals surface area contributed by atoms with Crippen molar-refractivity contribution in [2.75, 3.05) is 18.4 Å². The Balaban J connectivity index is 1.22. The third kappa shape index (κ3) is 4.81. The Hall–Kier alpha value is -3.10. The maximum Gasteiger partial charge on any atom is 0.230 e. The van der Waals surface area contributed by atoms with E-state index in [1.807, 2.05) is 35.7 Å². The van der Waals surface area contributed by atoms with E-state index in [1.54, 1.807) is 12.4 Å². The number of amides is 1. The number of carbonyl (C=O) groups is 1. The van der Waals surface area contributed by atoms with Gasteiger partial charge in [0, 0.05) is 29.0 Å². The molecule has 4 aromatic rings. The average molecular weight is 433 g/mol. The number of benzene rings is 1. The standard InChI is InChI=1S/C23H24N6OS/c30-22(13-18-15-31-23(26-18)16-6-8-24-9-7-16)25-17-4-5-19-20(12-17)28-21(27-19)14-29-10-2-1-3-11-29/h4-9,12,15H,1-3,10-11,13-14H2,(H,25,30)(H,27,28). The first kappa shape index (κ1) is 19.8. The van der Waals surface area contributed by atoms with Crippen LogP contribution in [0, 0.1) is 0 Å². The van der Waals surface area contributed by atoms with Crippen molar-refractivity contribution in [3.63, 3.8) is 0 Å². The molecule has 0 spiro atoms. The highest BCUT2D eigenvalue weighted by molar-refractivity contribution is 7.13. The van der Waals surface area contributed by atoms with E-state index >= 15 is 0 Å². The Kier molecular flexibility index (Phi) is 5.73. The molecule has 2 N–H and O–H groups in total. The van der Waals surface area contributed by atoms with Gasteiger partial charge in [-0.2, -0.15) is 0 Å². The van der Waals surface area contributed by atoms with E-state index in [9.17, 15) is 4.79 Å². The van der Waals surface area contributed by atoms with Gasteiger partial charge in [-0.15, -0.1) is 11.3 Å². The van der Waals surface area contributed by atoms with Crippen molar-refractivity contribution in [2.45, 2.75) is 32.2 Å². The predicted molar refractivity (Wildman–Crippen MR) is 123 cm³/mol. The van der Waals surface area contributed by atoms with Crippen LogP contribution in [0.2, 0.25) is 0 Å². The highest BCUT2D eigenvalue weighted by Crippen LogP contribution is 2.24. The van der Waals surface area contributed by atoms with E-state index in [-0.39, 0.29) is 12.3 Å². The minimum absolute atomic E-state index is 0.0843. The van der Waals surface area contributed by atoms with Crippen molar-refractivity contribution in [3.05, 3.63) is 59.6 Å². The van der Waals surface area contributed by atoms with Crippen molar-refractivity contribution in [1.82, 2.24) is 24.8 Å². The molecule has 7 nitrogen and oxygen atoms in total. The van der Waals surface area contributed by atoms with Gasteiger partial charge < -0.3 is 10.3 Å². The van der Waals surface area contributed by atoms with Gasteiger partial charge in [-0.3, -0.25) is 14.7 Å². The Morgan fingerprint density at radius 1 is 1.10 bits per heavy atom. The normalized spacial score (nSPS) is 14.7. The van der Waals surface area contributed by atoms with Crippen molar-refractivity contribution in [1.29, 1.82) is 0 Å². The molecule has 1 fully saturated rings. The zero-order valence-corrected chi connectivity index (χ0v) is 18.0.